The van der Waals surface area contributed by atoms with Crippen LogP contribution in [0.15, 0.2) is 30.6 Å². The summed E-state index contributed by atoms with van der Waals surface area (Å²) in [5.41, 5.74) is 2.81. The van der Waals surface area contributed by atoms with E-state index in [1.807, 2.05) is 12.1 Å². The van der Waals surface area contributed by atoms with Gasteiger partial charge in [-0.1, -0.05) is 11.6 Å². The molecule has 1 aliphatic heterocycles. The number of hydrogen-bond acceptors (Lipinski definition) is 4. The highest BCUT2D eigenvalue weighted by Gasteiger charge is 2.16. The van der Waals surface area contributed by atoms with Gasteiger partial charge < -0.3 is 4.74 Å². The van der Waals surface area contributed by atoms with Crippen molar-refractivity contribution >= 4 is 17.2 Å². The third kappa shape index (κ3) is 1.58. The first kappa shape index (κ1) is 10.8. The normalized spacial score (nSPS) is 13.5. The van der Waals surface area contributed by atoms with Crippen LogP contribution in [0.2, 0.25) is 5.15 Å². The van der Waals surface area contributed by atoms with Gasteiger partial charge in [-0.15, -0.1) is 10.2 Å². The van der Waals surface area contributed by atoms with Crippen molar-refractivity contribution in [2.24, 2.45) is 0 Å². The SMILES string of the molecule is Clc1cncc2nnc(-c3ccc4c(c3)CCO4)n12. The van der Waals surface area contributed by atoms with E-state index in [0.29, 0.717) is 10.8 Å². The van der Waals surface area contributed by atoms with Gasteiger partial charge in [-0.05, 0) is 23.8 Å². The Balaban J connectivity index is 1.95. The van der Waals surface area contributed by atoms with Gasteiger partial charge in [0, 0.05) is 12.0 Å². The monoisotopic (exact) mass is 272 g/mol. The van der Waals surface area contributed by atoms with Crippen molar-refractivity contribution < 1.29 is 4.74 Å². The average Bonchev–Trinajstić information content (AvgIpc) is 3.04. The highest BCUT2D eigenvalue weighted by Crippen LogP contribution is 2.30. The molecule has 1 aliphatic rings. The second-order valence-electron chi connectivity index (χ2n) is 4.37. The number of fused-ring (bicyclic) bond motifs is 2. The lowest BCUT2D eigenvalue weighted by atomic mass is 10.1. The van der Waals surface area contributed by atoms with E-state index in [1.165, 1.54) is 5.56 Å². The number of halogens is 1. The summed E-state index contributed by atoms with van der Waals surface area (Å²) in [6.07, 6.45) is 4.14. The summed E-state index contributed by atoms with van der Waals surface area (Å²) in [5.74, 6) is 1.67. The Morgan fingerprint density at radius 3 is 3.11 bits per heavy atom. The fourth-order valence-electron chi connectivity index (χ4n) is 2.33. The zero-order valence-electron chi connectivity index (χ0n) is 9.88. The van der Waals surface area contributed by atoms with Gasteiger partial charge in [0.05, 0.1) is 19.0 Å². The third-order valence-electron chi connectivity index (χ3n) is 3.22. The van der Waals surface area contributed by atoms with Gasteiger partial charge in [0.2, 0.25) is 0 Å². The lowest BCUT2D eigenvalue weighted by Gasteiger charge is -2.04. The number of nitrogens with zero attached hydrogens (tertiary/aromatic N) is 4. The van der Waals surface area contributed by atoms with E-state index in [2.05, 4.69) is 21.2 Å². The predicted molar refractivity (Wildman–Crippen MR) is 70.4 cm³/mol. The van der Waals surface area contributed by atoms with Crippen molar-refractivity contribution in [3.63, 3.8) is 0 Å². The quantitative estimate of drug-likeness (QED) is 0.682. The molecule has 0 radical (unpaired) electrons. The summed E-state index contributed by atoms with van der Waals surface area (Å²) in [6, 6.07) is 6.01. The standard InChI is InChI=1S/C13H9ClN4O/c14-11-6-15-7-12-16-17-13(18(11)12)9-1-2-10-8(5-9)3-4-19-10/h1-2,5-7H,3-4H2. The van der Waals surface area contributed by atoms with Crippen LogP contribution in [0.3, 0.4) is 0 Å². The van der Waals surface area contributed by atoms with Crippen LogP contribution in [0.4, 0.5) is 0 Å². The van der Waals surface area contributed by atoms with Crippen molar-refractivity contribution in [2.45, 2.75) is 6.42 Å². The molecule has 0 spiro atoms. The molecule has 6 heteroatoms. The zero-order valence-corrected chi connectivity index (χ0v) is 10.6. The van der Waals surface area contributed by atoms with E-state index in [0.717, 1.165) is 30.2 Å². The van der Waals surface area contributed by atoms with Crippen molar-refractivity contribution in [1.29, 1.82) is 0 Å². The summed E-state index contributed by atoms with van der Waals surface area (Å²) < 4.78 is 7.29. The second kappa shape index (κ2) is 3.93. The predicted octanol–water partition coefficient (Wildman–Crippen LogP) is 2.38. The Labute approximate surface area is 113 Å². The van der Waals surface area contributed by atoms with E-state index in [9.17, 15) is 0 Å². The molecule has 0 aliphatic carbocycles. The number of rotatable bonds is 1. The van der Waals surface area contributed by atoms with Gasteiger partial charge in [-0.25, -0.2) is 0 Å². The molecule has 0 unspecified atom stereocenters. The summed E-state index contributed by atoms with van der Waals surface area (Å²) in [4.78, 5) is 4.00. The molecule has 0 atom stereocenters. The van der Waals surface area contributed by atoms with Crippen LogP contribution < -0.4 is 4.74 Å². The fourth-order valence-corrected chi connectivity index (χ4v) is 2.55. The molecule has 0 fully saturated rings. The average molecular weight is 273 g/mol. The summed E-state index contributed by atoms with van der Waals surface area (Å²) in [6.45, 7) is 0.740. The molecule has 0 saturated heterocycles. The Kier molecular flexibility index (Phi) is 2.22. The Bertz CT molecular complexity index is 783. The third-order valence-corrected chi connectivity index (χ3v) is 3.49. The second-order valence-corrected chi connectivity index (χ2v) is 4.76. The first-order valence-electron chi connectivity index (χ1n) is 5.94. The highest BCUT2D eigenvalue weighted by atomic mass is 35.5. The molecule has 3 aromatic rings. The number of benzene rings is 1. The Hall–Kier alpha value is -2.14. The molecule has 0 bridgehead atoms. The lowest BCUT2D eigenvalue weighted by Crippen LogP contribution is -1.92. The Morgan fingerprint density at radius 2 is 2.16 bits per heavy atom. The number of aromatic nitrogens is 4. The number of hydrogen-bond donors (Lipinski definition) is 0. The van der Waals surface area contributed by atoms with E-state index < -0.39 is 0 Å². The molecule has 1 aromatic carbocycles. The molecule has 19 heavy (non-hydrogen) atoms. The molecule has 94 valence electrons. The Morgan fingerprint density at radius 1 is 1.21 bits per heavy atom. The minimum Gasteiger partial charge on any atom is -0.493 e. The van der Waals surface area contributed by atoms with Gasteiger partial charge >= 0.3 is 0 Å². The number of ether oxygens (including phenoxy) is 1. The molecule has 0 N–H and O–H groups in total. The largest absolute Gasteiger partial charge is 0.493 e. The minimum absolute atomic E-state index is 0.495. The summed E-state index contributed by atoms with van der Waals surface area (Å²) in [7, 11) is 0. The van der Waals surface area contributed by atoms with Crippen LogP contribution in [0, 0.1) is 0 Å². The van der Waals surface area contributed by atoms with Gasteiger partial charge in [0.1, 0.15) is 10.9 Å². The van der Waals surface area contributed by atoms with Crippen LogP contribution in [-0.2, 0) is 6.42 Å². The first-order chi connectivity index (χ1) is 9.33. The summed E-state index contributed by atoms with van der Waals surface area (Å²) in [5, 5.41) is 8.78. The molecule has 0 amide bonds. The van der Waals surface area contributed by atoms with Crippen LogP contribution in [0.5, 0.6) is 5.75 Å². The molecular weight excluding hydrogens is 264 g/mol. The van der Waals surface area contributed by atoms with Gasteiger partial charge in [0.15, 0.2) is 11.5 Å². The van der Waals surface area contributed by atoms with Crippen LogP contribution >= 0.6 is 11.6 Å². The van der Waals surface area contributed by atoms with Crippen molar-refractivity contribution in [2.75, 3.05) is 6.61 Å². The van der Waals surface area contributed by atoms with Gasteiger partial charge in [-0.2, -0.15) is 0 Å². The topological polar surface area (TPSA) is 52.3 Å². The maximum absolute atomic E-state index is 6.17. The van der Waals surface area contributed by atoms with Crippen LogP contribution in [0.1, 0.15) is 5.56 Å². The van der Waals surface area contributed by atoms with Crippen molar-refractivity contribution in [3.05, 3.63) is 41.3 Å². The van der Waals surface area contributed by atoms with Crippen LogP contribution in [0.25, 0.3) is 17.0 Å². The zero-order chi connectivity index (χ0) is 12.8. The first-order valence-corrected chi connectivity index (χ1v) is 6.31. The maximum atomic E-state index is 6.17. The maximum Gasteiger partial charge on any atom is 0.180 e. The molecule has 2 aromatic heterocycles. The molecule has 4 rings (SSSR count). The highest BCUT2D eigenvalue weighted by molar-refractivity contribution is 6.29. The molecule has 3 heterocycles. The smallest absolute Gasteiger partial charge is 0.180 e. The van der Waals surface area contributed by atoms with E-state index >= 15 is 0 Å². The van der Waals surface area contributed by atoms with Crippen LogP contribution in [-0.4, -0.2) is 26.2 Å². The minimum atomic E-state index is 0.495. The van der Waals surface area contributed by atoms with Crippen molar-refractivity contribution in [1.82, 2.24) is 19.6 Å². The molecule has 5 nitrogen and oxygen atoms in total. The van der Waals surface area contributed by atoms with E-state index in [1.54, 1.807) is 16.8 Å². The van der Waals surface area contributed by atoms with Gasteiger partial charge in [-0.3, -0.25) is 9.38 Å². The molecular formula is C13H9ClN4O. The van der Waals surface area contributed by atoms with Gasteiger partial charge in [0.25, 0.3) is 0 Å². The fraction of sp³-hybridized carbons (Fsp3) is 0.154. The van der Waals surface area contributed by atoms with E-state index in [4.69, 9.17) is 16.3 Å². The van der Waals surface area contributed by atoms with Crippen molar-refractivity contribution in [3.8, 4) is 17.1 Å². The van der Waals surface area contributed by atoms with E-state index in [-0.39, 0.29) is 0 Å². The lowest BCUT2D eigenvalue weighted by molar-refractivity contribution is 0.357. The molecule has 0 saturated carbocycles. The summed E-state index contributed by atoms with van der Waals surface area (Å²) >= 11 is 6.17.